The zero-order chi connectivity index (χ0) is 11.8. The quantitative estimate of drug-likeness (QED) is 0.662. The molecule has 0 unspecified atom stereocenters. The second kappa shape index (κ2) is 4.09. The Morgan fingerprint density at radius 1 is 1.24 bits per heavy atom. The number of hydrogen-bond acceptors (Lipinski definition) is 5. The minimum Gasteiger partial charge on any atom is -0.462 e. The molecule has 17 heavy (non-hydrogen) atoms. The molecule has 3 aromatic heterocycles. The van der Waals surface area contributed by atoms with Crippen molar-refractivity contribution in [3.63, 3.8) is 0 Å². The van der Waals surface area contributed by atoms with Gasteiger partial charge in [0.15, 0.2) is 0 Å². The molecule has 0 spiro atoms. The number of thiophene rings is 2. The van der Waals surface area contributed by atoms with Crippen LogP contribution in [0.15, 0.2) is 22.9 Å². The number of esters is 1. The van der Waals surface area contributed by atoms with E-state index in [9.17, 15) is 4.79 Å². The summed E-state index contributed by atoms with van der Waals surface area (Å²) in [4.78, 5) is 16.5. The van der Waals surface area contributed by atoms with Crippen LogP contribution in [0.1, 0.15) is 17.3 Å². The molecule has 3 rings (SSSR count). The normalized spacial score (nSPS) is 11.1. The number of pyridine rings is 1. The van der Waals surface area contributed by atoms with E-state index < -0.39 is 0 Å². The molecule has 0 saturated carbocycles. The van der Waals surface area contributed by atoms with E-state index in [-0.39, 0.29) is 5.97 Å². The first-order chi connectivity index (χ1) is 8.31. The fourth-order valence-electron chi connectivity index (χ4n) is 1.78. The summed E-state index contributed by atoms with van der Waals surface area (Å²) in [5.74, 6) is -0.255. The van der Waals surface area contributed by atoms with Gasteiger partial charge in [-0.3, -0.25) is 0 Å². The summed E-state index contributed by atoms with van der Waals surface area (Å²) in [6, 6.07) is 3.86. The van der Waals surface area contributed by atoms with E-state index in [4.69, 9.17) is 4.74 Å². The third-order valence-corrected chi connectivity index (χ3v) is 4.31. The fourth-order valence-corrected chi connectivity index (χ4v) is 3.58. The molecule has 0 bridgehead atoms. The molecule has 0 aliphatic carbocycles. The van der Waals surface area contributed by atoms with Crippen LogP contribution in [-0.2, 0) is 4.74 Å². The minimum absolute atomic E-state index is 0.255. The van der Waals surface area contributed by atoms with Crippen molar-refractivity contribution in [3.8, 4) is 0 Å². The average molecular weight is 263 g/mol. The predicted octanol–water partition coefficient (Wildman–Crippen LogP) is 3.69. The van der Waals surface area contributed by atoms with Crippen LogP contribution in [-0.4, -0.2) is 17.6 Å². The van der Waals surface area contributed by atoms with Gasteiger partial charge in [0.25, 0.3) is 0 Å². The van der Waals surface area contributed by atoms with Crippen molar-refractivity contribution < 1.29 is 9.53 Å². The van der Waals surface area contributed by atoms with Gasteiger partial charge < -0.3 is 4.74 Å². The number of fused-ring (bicyclic) bond motifs is 2. The van der Waals surface area contributed by atoms with Crippen LogP contribution in [0.4, 0.5) is 0 Å². The Hall–Kier alpha value is -1.46. The van der Waals surface area contributed by atoms with E-state index in [0.717, 1.165) is 20.4 Å². The van der Waals surface area contributed by atoms with Crippen LogP contribution in [0.3, 0.4) is 0 Å². The lowest BCUT2D eigenvalue weighted by molar-refractivity contribution is 0.0531. The van der Waals surface area contributed by atoms with Gasteiger partial charge in [0.1, 0.15) is 0 Å². The van der Waals surface area contributed by atoms with E-state index in [1.807, 2.05) is 29.8 Å². The van der Waals surface area contributed by atoms with Crippen LogP contribution in [0, 0.1) is 0 Å². The molecule has 0 N–H and O–H groups in total. The van der Waals surface area contributed by atoms with Gasteiger partial charge in [-0.1, -0.05) is 0 Å². The average Bonchev–Trinajstić information content (AvgIpc) is 2.92. The van der Waals surface area contributed by atoms with E-state index in [1.54, 1.807) is 0 Å². The molecule has 3 heterocycles. The molecule has 0 aliphatic rings. The van der Waals surface area contributed by atoms with Crippen molar-refractivity contribution in [1.29, 1.82) is 0 Å². The molecule has 3 aromatic rings. The Labute approximate surface area is 106 Å². The van der Waals surface area contributed by atoms with Crippen molar-refractivity contribution >= 4 is 49.1 Å². The predicted molar refractivity (Wildman–Crippen MR) is 71.0 cm³/mol. The van der Waals surface area contributed by atoms with E-state index in [1.165, 1.54) is 22.7 Å². The second-order valence-corrected chi connectivity index (χ2v) is 5.31. The number of ether oxygens (including phenoxy) is 1. The van der Waals surface area contributed by atoms with Crippen LogP contribution in [0.5, 0.6) is 0 Å². The van der Waals surface area contributed by atoms with Gasteiger partial charge in [0.2, 0.25) is 0 Å². The molecule has 3 nitrogen and oxygen atoms in total. The number of nitrogens with zero attached hydrogens (tertiary/aromatic N) is 1. The summed E-state index contributed by atoms with van der Waals surface area (Å²) >= 11 is 3.06. The smallest absolute Gasteiger partial charge is 0.341 e. The molecule has 0 radical (unpaired) electrons. The Morgan fingerprint density at radius 3 is 2.35 bits per heavy atom. The maximum Gasteiger partial charge on any atom is 0.341 e. The van der Waals surface area contributed by atoms with Crippen molar-refractivity contribution in [3.05, 3.63) is 28.5 Å². The highest BCUT2D eigenvalue weighted by Crippen LogP contribution is 2.33. The molecular formula is C12H9NO2S2. The highest BCUT2D eigenvalue weighted by atomic mass is 32.1. The molecule has 0 fully saturated rings. The number of carbonyl (C=O) groups excluding carboxylic acids is 1. The summed E-state index contributed by atoms with van der Waals surface area (Å²) in [5, 5.41) is 3.90. The maximum absolute atomic E-state index is 12.0. The van der Waals surface area contributed by atoms with Crippen molar-refractivity contribution in [2.45, 2.75) is 6.92 Å². The van der Waals surface area contributed by atoms with Gasteiger partial charge in [-0.15, -0.1) is 22.7 Å². The van der Waals surface area contributed by atoms with Gasteiger partial charge in [0.05, 0.1) is 32.6 Å². The largest absolute Gasteiger partial charge is 0.462 e. The molecule has 0 aliphatic heterocycles. The first-order valence-corrected chi connectivity index (χ1v) is 6.98. The minimum atomic E-state index is -0.255. The van der Waals surface area contributed by atoms with Gasteiger partial charge >= 0.3 is 5.97 Å². The van der Waals surface area contributed by atoms with Crippen LogP contribution in [0.2, 0.25) is 0 Å². The van der Waals surface area contributed by atoms with E-state index in [2.05, 4.69) is 4.98 Å². The highest BCUT2D eigenvalue weighted by Gasteiger charge is 2.18. The van der Waals surface area contributed by atoms with Crippen molar-refractivity contribution in [2.24, 2.45) is 0 Å². The van der Waals surface area contributed by atoms with Crippen LogP contribution >= 0.6 is 22.7 Å². The number of rotatable bonds is 2. The molecular weight excluding hydrogens is 254 g/mol. The van der Waals surface area contributed by atoms with E-state index >= 15 is 0 Å². The van der Waals surface area contributed by atoms with E-state index in [0.29, 0.717) is 12.2 Å². The van der Waals surface area contributed by atoms with Gasteiger partial charge in [-0.05, 0) is 29.8 Å². The van der Waals surface area contributed by atoms with Crippen molar-refractivity contribution in [1.82, 2.24) is 4.98 Å². The monoisotopic (exact) mass is 263 g/mol. The van der Waals surface area contributed by atoms with Gasteiger partial charge in [-0.25, -0.2) is 9.78 Å². The topological polar surface area (TPSA) is 39.2 Å². The lowest BCUT2D eigenvalue weighted by Crippen LogP contribution is -2.05. The highest BCUT2D eigenvalue weighted by molar-refractivity contribution is 7.20. The Morgan fingerprint density at radius 2 is 1.82 bits per heavy atom. The molecule has 86 valence electrons. The first kappa shape index (κ1) is 10.7. The standard InChI is InChI=1S/C12H9NO2S2/c1-2-15-12(14)9-10-7(3-5-16-10)13-8-4-6-17-11(8)9/h3-6H,2H2,1H3. The summed E-state index contributed by atoms with van der Waals surface area (Å²) < 4.78 is 6.96. The molecule has 0 aromatic carbocycles. The summed E-state index contributed by atoms with van der Waals surface area (Å²) in [6.07, 6.45) is 0. The van der Waals surface area contributed by atoms with Crippen LogP contribution in [0.25, 0.3) is 20.4 Å². The second-order valence-electron chi connectivity index (χ2n) is 3.48. The first-order valence-electron chi connectivity index (χ1n) is 5.22. The SMILES string of the molecule is CCOC(=O)c1c2sccc2nc2ccsc12. The summed E-state index contributed by atoms with van der Waals surface area (Å²) in [7, 11) is 0. The number of carbonyl (C=O) groups is 1. The zero-order valence-corrected chi connectivity index (χ0v) is 10.7. The number of hydrogen-bond donors (Lipinski definition) is 0. The Balaban J connectivity index is 2.37. The van der Waals surface area contributed by atoms with Gasteiger partial charge in [-0.2, -0.15) is 0 Å². The third-order valence-electron chi connectivity index (χ3n) is 2.46. The maximum atomic E-state index is 12.0. The lowest BCUT2D eigenvalue weighted by atomic mass is 10.2. The zero-order valence-electron chi connectivity index (χ0n) is 9.10. The fraction of sp³-hybridized carbons (Fsp3) is 0.167. The third kappa shape index (κ3) is 1.62. The van der Waals surface area contributed by atoms with Gasteiger partial charge in [0, 0.05) is 0 Å². The summed E-state index contributed by atoms with van der Waals surface area (Å²) in [6.45, 7) is 2.21. The van der Waals surface area contributed by atoms with Crippen molar-refractivity contribution in [2.75, 3.05) is 6.61 Å². The molecule has 0 saturated heterocycles. The number of aromatic nitrogens is 1. The molecule has 0 amide bonds. The lowest BCUT2D eigenvalue weighted by Gasteiger charge is -2.04. The molecule has 5 heteroatoms. The van der Waals surface area contributed by atoms with Crippen LogP contribution < -0.4 is 0 Å². The Bertz CT molecular complexity index is 650. The molecule has 0 atom stereocenters. The Kier molecular flexibility index (Phi) is 2.57. The summed E-state index contributed by atoms with van der Waals surface area (Å²) in [5.41, 5.74) is 2.39.